The van der Waals surface area contributed by atoms with Crippen LogP contribution in [0.5, 0.6) is 0 Å². The lowest BCUT2D eigenvalue weighted by atomic mass is 9.78. The number of nitrogens with zero attached hydrogens (tertiary/aromatic N) is 1. The highest BCUT2D eigenvalue weighted by atomic mass is 17.0. The molecule has 0 unspecified atom stereocenters. The number of hydrogen-bond acceptors (Lipinski definition) is 6. The third kappa shape index (κ3) is 3.21. The molecule has 7 atom stereocenters. The zero-order chi connectivity index (χ0) is 20.0. The lowest BCUT2D eigenvalue weighted by molar-refractivity contribution is -0.462. The van der Waals surface area contributed by atoms with Crippen molar-refractivity contribution < 1.29 is 23.9 Å². The molecule has 5 rings (SSSR count). The van der Waals surface area contributed by atoms with Gasteiger partial charge in [0.15, 0.2) is 12.4 Å². The van der Waals surface area contributed by atoms with Crippen molar-refractivity contribution in [3.8, 4) is 0 Å². The van der Waals surface area contributed by atoms with Crippen LogP contribution < -0.4 is 0 Å². The van der Waals surface area contributed by atoms with Crippen LogP contribution in [0.4, 0.5) is 0 Å². The fraction of sp³-hybridized carbons (Fsp3) is 0.696. The van der Waals surface area contributed by atoms with Gasteiger partial charge < -0.3 is 9.47 Å². The number of hydroxylamine groups is 2. The Kier molecular flexibility index (Phi) is 5.14. The van der Waals surface area contributed by atoms with Crippen molar-refractivity contribution in [1.29, 1.82) is 0 Å². The summed E-state index contributed by atoms with van der Waals surface area (Å²) in [6, 6.07) is 10.7. The Labute approximate surface area is 172 Å². The predicted molar refractivity (Wildman–Crippen MR) is 105 cm³/mol. The lowest BCUT2D eigenvalue weighted by Gasteiger charge is -2.45. The molecule has 4 fully saturated rings. The van der Waals surface area contributed by atoms with Gasteiger partial charge in [-0.05, 0) is 44.1 Å². The number of esters is 1. The lowest BCUT2D eigenvalue weighted by Crippen LogP contribution is -2.55. The van der Waals surface area contributed by atoms with Crippen LogP contribution in [-0.2, 0) is 23.9 Å². The zero-order valence-electron chi connectivity index (χ0n) is 17.3. The Morgan fingerprint density at radius 1 is 1.10 bits per heavy atom. The summed E-state index contributed by atoms with van der Waals surface area (Å²) in [7, 11) is 1.41. The maximum absolute atomic E-state index is 12.2. The molecule has 6 nitrogen and oxygen atoms in total. The highest BCUT2D eigenvalue weighted by Crippen LogP contribution is 2.56. The molecule has 1 aromatic carbocycles. The molecule has 0 spiro atoms. The monoisotopic (exact) mass is 401 g/mol. The van der Waals surface area contributed by atoms with Crippen molar-refractivity contribution in [3.63, 3.8) is 0 Å². The van der Waals surface area contributed by atoms with Gasteiger partial charge in [-0.3, -0.25) is 4.84 Å². The second-order valence-electron chi connectivity index (χ2n) is 9.16. The number of rotatable bonds is 4. The third-order valence-corrected chi connectivity index (χ3v) is 7.75. The van der Waals surface area contributed by atoms with E-state index in [4.69, 9.17) is 19.1 Å². The Morgan fingerprint density at radius 3 is 2.69 bits per heavy atom. The van der Waals surface area contributed by atoms with E-state index in [2.05, 4.69) is 37.3 Å². The van der Waals surface area contributed by atoms with E-state index in [1.807, 2.05) is 0 Å². The summed E-state index contributed by atoms with van der Waals surface area (Å²) in [5.41, 5.74) is 1.06. The maximum Gasteiger partial charge on any atom is 0.337 e. The first-order chi connectivity index (χ1) is 14.1. The van der Waals surface area contributed by atoms with Crippen LogP contribution in [0.15, 0.2) is 30.3 Å². The molecule has 29 heavy (non-hydrogen) atoms. The smallest absolute Gasteiger partial charge is 0.337 e. The van der Waals surface area contributed by atoms with Crippen LogP contribution in [0.1, 0.15) is 63.4 Å². The zero-order valence-corrected chi connectivity index (χ0v) is 17.3. The van der Waals surface area contributed by atoms with Crippen LogP contribution >= 0.6 is 0 Å². The van der Waals surface area contributed by atoms with Crippen LogP contribution in [0.3, 0.4) is 0 Å². The highest BCUT2D eigenvalue weighted by molar-refractivity contribution is 5.75. The molecule has 0 radical (unpaired) electrons. The van der Waals surface area contributed by atoms with Gasteiger partial charge in [0.2, 0.25) is 0 Å². The van der Waals surface area contributed by atoms with E-state index in [-0.39, 0.29) is 29.8 Å². The second kappa shape index (κ2) is 7.65. The largest absolute Gasteiger partial charge is 0.467 e. The van der Waals surface area contributed by atoms with Crippen molar-refractivity contribution in [2.45, 2.75) is 81.8 Å². The van der Waals surface area contributed by atoms with E-state index < -0.39 is 6.10 Å². The van der Waals surface area contributed by atoms with Gasteiger partial charge in [-0.1, -0.05) is 48.4 Å². The summed E-state index contributed by atoms with van der Waals surface area (Å²) >= 11 is 0. The normalized spacial score (nSPS) is 41.9. The van der Waals surface area contributed by atoms with E-state index in [9.17, 15) is 4.79 Å². The molecular weight excluding hydrogens is 370 g/mol. The number of hydrogen-bond donors (Lipinski definition) is 0. The van der Waals surface area contributed by atoms with E-state index >= 15 is 0 Å². The molecule has 2 saturated heterocycles. The molecule has 158 valence electrons. The van der Waals surface area contributed by atoms with E-state index in [1.165, 1.54) is 25.5 Å². The molecule has 2 heterocycles. The van der Waals surface area contributed by atoms with Gasteiger partial charge in [-0.2, -0.15) is 0 Å². The Balaban J connectivity index is 1.32. The fourth-order valence-electron chi connectivity index (χ4n) is 6.12. The van der Waals surface area contributed by atoms with Crippen molar-refractivity contribution in [2.75, 3.05) is 7.11 Å². The van der Waals surface area contributed by atoms with Crippen molar-refractivity contribution in [2.24, 2.45) is 11.8 Å². The molecule has 2 saturated carbocycles. The molecule has 2 aliphatic carbocycles. The minimum absolute atomic E-state index is 0.104. The van der Waals surface area contributed by atoms with Crippen molar-refractivity contribution in [1.82, 2.24) is 5.23 Å². The Bertz CT molecular complexity index is 742. The predicted octanol–water partition coefficient (Wildman–Crippen LogP) is 3.96. The van der Waals surface area contributed by atoms with Crippen LogP contribution in [0.25, 0.3) is 0 Å². The van der Waals surface area contributed by atoms with E-state index in [1.54, 1.807) is 5.23 Å². The van der Waals surface area contributed by atoms with Crippen LogP contribution in [-0.4, -0.2) is 42.3 Å². The first-order valence-electron chi connectivity index (χ1n) is 11.0. The van der Waals surface area contributed by atoms with Gasteiger partial charge in [-0.15, -0.1) is 0 Å². The summed E-state index contributed by atoms with van der Waals surface area (Å²) in [5.74, 6) is 0.580. The number of carbonyl (C=O) groups excluding carboxylic acids is 1. The molecule has 0 bridgehead atoms. The molecule has 2 aliphatic heterocycles. The molecule has 1 aromatic rings. The summed E-state index contributed by atoms with van der Waals surface area (Å²) < 4.78 is 11.5. The Morgan fingerprint density at radius 2 is 1.90 bits per heavy atom. The van der Waals surface area contributed by atoms with Crippen molar-refractivity contribution >= 4 is 5.97 Å². The summed E-state index contributed by atoms with van der Waals surface area (Å²) in [6.07, 6.45) is 6.71. The van der Waals surface area contributed by atoms with Gasteiger partial charge in [0.05, 0.1) is 18.8 Å². The molecule has 4 aliphatic rings. The third-order valence-electron chi connectivity index (χ3n) is 7.75. The SMILES string of the molecule is COC(=O)[C@H]1ON2O[C@H](O[C@@H]3CCCC[C@H]3c3ccccc3)C[C@@H]3CC[C@H]1[C@@]32C. The minimum Gasteiger partial charge on any atom is -0.467 e. The molecule has 6 heteroatoms. The molecular formula is C23H31NO5. The first kappa shape index (κ1) is 19.5. The quantitative estimate of drug-likeness (QED) is 0.712. The fourth-order valence-corrected chi connectivity index (χ4v) is 6.12. The number of carbonyl (C=O) groups is 1. The van der Waals surface area contributed by atoms with Gasteiger partial charge in [0.25, 0.3) is 0 Å². The topological polar surface area (TPSA) is 57.2 Å². The highest BCUT2D eigenvalue weighted by Gasteiger charge is 2.65. The first-order valence-corrected chi connectivity index (χ1v) is 11.0. The van der Waals surface area contributed by atoms with Crippen molar-refractivity contribution in [3.05, 3.63) is 35.9 Å². The Hall–Kier alpha value is -1.47. The number of benzene rings is 1. The van der Waals surface area contributed by atoms with Crippen LogP contribution in [0.2, 0.25) is 0 Å². The van der Waals surface area contributed by atoms with Crippen LogP contribution in [0, 0.1) is 11.8 Å². The second-order valence-corrected chi connectivity index (χ2v) is 9.16. The molecule has 0 aromatic heterocycles. The average molecular weight is 402 g/mol. The van der Waals surface area contributed by atoms with E-state index in [0.29, 0.717) is 11.8 Å². The number of ether oxygens (including phenoxy) is 2. The van der Waals surface area contributed by atoms with E-state index in [0.717, 1.165) is 32.1 Å². The maximum atomic E-state index is 12.2. The molecule has 0 N–H and O–H groups in total. The van der Waals surface area contributed by atoms with Gasteiger partial charge in [0.1, 0.15) is 0 Å². The van der Waals surface area contributed by atoms with Gasteiger partial charge in [0, 0.05) is 18.3 Å². The summed E-state index contributed by atoms with van der Waals surface area (Å²) in [5, 5.41) is 1.59. The number of methoxy groups -OCH3 is 1. The summed E-state index contributed by atoms with van der Waals surface area (Å²) in [6.45, 7) is 2.15. The minimum atomic E-state index is -0.583. The average Bonchev–Trinajstić information content (AvgIpc) is 3.24. The summed E-state index contributed by atoms with van der Waals surface area (Å²) in [4.78, 5) is 24.4. The molecule has 0 amide bonds. The van der Waals surface area contributed by atoms with Gasteiger partial charge >= 0.3 is 5.97 Å². The van der Waals surface area contributed by atoms with Gasteiger partial charge in [-0.25, -0.2) is 9.63 Å². The standard InChI is InChI=1S/C23H31NO5/c1-23-16-12-13-18(23)21(22(25)26-2)29-24(23)28-20(14-16)27-19-11-7-6-10-17(19)15-8-4-3-5-9-15/h3-5,8-9,16-21H,6-7,10-14H2,1-2H3/t16-,17-,18+,19+,20-,21-,23+/m0/s1.